The Kier molecular flexibility index (Phi) is 11.3. The van der Waals surface area contributed by atoms with Crippen molar-refractivity contribution in [3.63, 3.8) is 0 Å². The first-order valence-electron chi connectivity index (χ1n) is 7.88. The molecular weight excluding hydrogens is 537 g/mol. The Hall–Kier alpha value is 0.640. The Labute approximate surface area is 228 Å². The summed E-state index contributed by atoms with van der Waals surface area (Å²) in [4.78, 5) is 50.8. The standard InChI is InChI=1S/C10H16N5O13P3.2Na/c11-8-5-9(13-2-12-8)15(3-14-5)10-7(17)6(16)4(26-10)1-25-30(21,22)28-31(23,24)27-29(18,19)20;;/h2-4,6-7,10,16-17H,1H2,(H,21,22)(H,23,24)(H2,11,12,13)(H2,18,19,20);;/p-2/t4-,6-,7-,10-;;/m1../s1. The molecule has 2 aromatic rings. The summed E-state index contributed by atoms with van der Waals surface area (Å²) in [5.41, 5.74) is 5.97. The van der Waals surface area contributed by atoms with Crippen LogP contribution in [-0.4, -0.2) is 124 Å². The number of nitrogen functional groups attached to an aromatic ring is 1. The minimum absolute atomic E-state index is 0. The summed E-state index contributed by atoms with van der Waals surface area (Å²) in [6.07, 6.45) is -3.79. The largest absolute Gasteiger partial charge is 0.789 e. The van der Waals surface area contributed by atoms with E-state index in [0.29, 0.717) is 0 Å². The Bertz CT molecular complexity index is 1120. The number of phosphoric acid groups is 3. The van der Waals surface area contributed by atoms with Crippen molar-refractivity contribution in [1.29, 1.82) is 0 Å². The SMILES string of the molecule is Nc1ncnc2c1ncn2[C@@H]1O[C@H](COP(=O)(O)OP(=O)(O)OP(=O)([O-])[O-])[C@@H](O)[C@H]1O.[Na].[Na]. The predicted molar refractivity (Wildman–Crippen MR) is 103 cm³/mol. The van der Waals surface area contributed by atoms with Crippen LogP contribution in [0.25, 0.3) is 11.2 Å². The molecule has 3 rings (SSSR count). The molecule has 1 aliphatic heterocycles. The fourth-order valence-corrected chi connectivity index (χ4v) is 5.58. The Morgan fingerprint density at radius 2 is 1.70 bits per heavy atom. The number of rotatable bonds is 8. The number of hydrogen-bond donors (Lipinski definition) is 5. The minimum Gasteiger partial charge on any atom is -0.789 e. The summed E-state index contributed by atoms with van der Waals surface area (Å²) in [5, 5.41) is 20.4. The van der Waals surface area contributed by atoms with Gasteiger partial charge in [-0.05, 0) is 0 Å². The number of fused-ring (bicyclic) bond motifs is 1. The zero-order chi connectivity index (χ0) is 23.2. The third kappa shape index (κ3) is 8.06. The molecule has 3 heterocycles. The van der Waals surface area contributed by atoms with E-state index in [9.17, 15) is 38.6 Å². The molecule has 0 amide bonds. The Morgan fingerprint density at radius 3 is 2.30 bits per heavy atom. The molecule has 0 spiro atoms. The first-order chi connectivity index (χ1) is 14.2. The van der Waals surface area contributed by atoms with Crippen molar-refractivity contribution < 1.29 is 61.4 Å². The van der Waals surface area contributed by atoms with Crippen molar-refractivity contribution in [3.8, 4) is 0 Å². The molecule has 0 aliphatic carbocycles. The van der Waals surface area contributed by atoms with Gasteiger partial charge in [-0.15, -0.1) is 0 Å². The van der Waals surface area contributed by atoms with Crippen LogP contribution in [0.5, 0.6) is 0 Å². The molecule has 1 saturated heterocycles. The van der Waals surface area contributed by atoms with E-state index in [1.54, 1.807) is 0 Å². The van der Waals surface area contributed by atoms with Gasteiger partial charge in [0, 0.05) is 59.1 Å². The molecule has 2 aromatic heterocycles. The molecule has 18 nitrogen and oxygen atoms in total. The van der Waals surface area contributed by atoms with Crippen molar-refractivity contribution in [2.24, 2.45) is 0 Å². The summed E-state index contributed by atoms with van der Waals surface area (Å²) >= 11 is 0. The van der Waals surface area contributed by atoms with Crippen LogP contribution in [0.2, 0.25) is 0 Å². The third-order valence-electron chi connectivity index (χ3n) is 3.81. The fraction of sp³-hybridized carbons (Fsp3) is 0.500. The molecular formula is C10H14N5Na2O13P3-2. The van der Waals surface area contributed by atoms with Crippen LogP contribution in [-0.2, 0) is 31.6 Å². The molecule has 2 radical (unpaired) electrons. The first kappa shape index (κ1) is 31.7. The number of phosphoric ester groups is 1. The number of ether oxygens (including phenoxy) is 1. The maximum atomic E-state index is 11.7. The zero-order valence-corrected chi connectivity index (χ0v) is 23.5. The monoisotopic (exact) mass is 551 g/mol. The normalized spacial score (nSPS) is 26.7. The Balaban J connectivity index is 0.00000272. The number of nitrogens with two attached hydrogens (primary N) is 1. The van der Waals surface area contributed by atoms with Crippen LogP contribution in [0.4, 0.5) is 5.82 Å². The minimum atomic E-state index is -6.04. The van der Waals surface area contributed by atoms with E-state index < -0.39 is 54.6 Å². The van der Waals surface area contributed by atoms with E-state index in [2.05, 4.69) is 28.1 Å². The van der Waals surface area contributed by atoms with Gasteiger partial charge in [-0.1, -0.05) is 0 Å². The summed E-state index contributed by atoms with van der Waals surface area (Å²) in [7, 11) is -17.4. The van der Waals surface area contributed by atoms with Gasteiger partial charge in [0.05, 0.1) is 20.8 Å². The number of aliphatic hydroxyl groups is 2. The first-order valence-corrected chi connectivity index (χ1v) is 12.3. The maximum Gasteiger partial charge on any atom is 0.484 e. The van der Waals surface area contributed by atoms with Crippen LogP contribution < -0.4 is 15.5 Å². The van der Waals surface area contributed by atoms with E-state index in [1.807, 2.05) is 0 Å². The second-order valence-corrected chi connectivity index (χ2v) is 10.3. The number of anilines is 1. The molecule has 23 heteroatoms. The van der Waals surface area contributed by atoms with E-state index >= 15 is 0 Å². The predicted octanol–water partition coefficient (Wildman–Crippen LogP) is -3.65. The van der Waals surface area contributed by atoms with E-state index in [0.717, 1.165) is 6.33 Å². The molecule has 33 heavy (non-hydrogen) atoms. The number of hydrogen-bond acceptors (Lipinski definition) is 15. The van der Waals surface area contributed by atoms with Crippen molar-refractivity contribution in [2.75, 3.05) is 12.3 Å². The van der Waals surface area contributed by atoms with Gasteiger partial charge in [-0.25, -0.2) is 24.1 Å². The van der Waals surface area contributed by atoms with Crippen molar-refractivity contribution in [3.05, 3.63) is 12.7 Å². The van der Waals surface area contributed by atoms with Gasteiger partial charge in [0.2, 0.25) is 0 Å². The second kappa shape index (κ2) is 11.8. The van der Waals surface area contributed by atoms with Crippen molar-refractivity contribution in [2.45, 2.75) is 24.5 Å². The average Bonchev–Trinajstić information content (AvgIpc) is 3.13. The number of nitrogens with zero attached hydrogens (tertiary/aromatic N) is 4. The van der Waals surface area contributed by atoms with Gasteiger partial charge in [0.1, 0.15) is 30.2 Å². The van der Waals surface area contributed by atoms with Crippen LogP contribution in [0.15, 0.2) is 12.7 Å². The molecule has 1 fully saturated rings. The van der Waals surface area contributed by atoms with E-state index in [4.69, 9.17) is 15.4 Å². The summed E-state index contributed by atoms with van der Waals surface area (Å²) in [6.45, 7) is -0.987. The van der Waals surface area contributed by atoms with E-state index in [-0.39, 0.29) is 76.1 Å². The molecule has 2 unspecified atom stereocenters. The summed E-state index contributed by atoms with van der Waals surface area (Å²) in [6, 6.07) is 0. The summed E-state index contributed by atoms with van der Waals surface area (Å²) < 4.78 is 51.2. The molecule has 0 aromatic carbocycles. The summed E-state index contributed by atoms with van der Waals surface area (Å²) in [5.74, 6) is 0.0337. The molecule has 6 atom stereocenters. The van der Waals surface area contributed by atoms with Gasteiger partial charge in [0.15, 0.2) is 17.7 Å². The van der Waals surface area contributed by atoms with Gasteiger partial charge in [0.25, 0.3) is 0 Å². The maximum absolute atomic E-state index is 11.7. The van der Waals surface area contributed by atoms with Gasteiger partial charge < -0.3 is 44.8 Å². The quantitative estimate of drug-likeness (QED) is 0.156. The van der Waals surface area contributed by atoms with Crippen molar-refractivity contribution >= 4 is 99.6 Å². The fourth-order valence-electron chi connectivity index (χ4n) is 2.62. The van der Waals surface area contributed by atoms with Crippen LogP contribution >= 0.6 is 23.5 Å². The van der Waals surface area contributed by atoms with Crippen LogP contribution in [0.1, 0.15) is 6.23 Å². The molecule has 176 valence electrons. The molecule has 1 aliphatic rings. The van der Waals surface area contributed by atoms with Gasteiger partial charge in [-0.2, -0.15) is 4.31 Å². The average molecular weight is 551 g/mol. The third-order valence-corrected chi connectivity index (χ3v) is 7.56. The molecule has 0 bridgehead atoms. The van der Waals surface area contributed by atoms with Crippen LogP contribution in [0.3, 0.4) is 0 Å². The topological polar surface area (TPSA) is 285 Å². The van der Waals surface area contributed by atoms with Crippen molar-refractivity contribution in [1.82, 2.24) is 19.5 Å². The Morgan fingerprint density at radius 1 is 1.06 bits per heavy atom. The number of imidazole rings is 1. The number of aliphatic hydroxyl groups excluding tert-OH is 2. The molecule has 6 N–H and O–H groups in total. The number of aromatic nitrogens is 4. The molecule has 0 saturated carbocycles. The zero-order valence-electron chi connectivity index (χ0n) is 16.8. The van der Waals surface area contributed by atoms with Crippen LogP contribution in [0, 0.1) is 0 Å². The van der Waals surface area contributed by atoms with Gasteiger partial charge >= 0.3 is 15.6 Å². The van der Waals surface area contributed by atoms with E-state index in [1.165, 1.54) is 10.9 Å². The smallest absolute Gasteiger partial charge is 0.484 e. The van der Waals surface area contributed by atoms with Gasteiger partial charge in [-0.3, -0.25) is 13.4 Å². The second-order valence-electron chi connectivity index (χ2n) is 5.97.